The smallest absolute Gasteiger partial charge is 0.0352 e. The summed E-state index contributed by atoms with van der Waals surface area (Å²) in [6.07, 6.45) is 2.16. The average molecular weight is 240 g/mol. The van der Waals surface area contributed by atoms with Crippen molar-refractivity contribution in [2.24, 2.45) is 0 Å². The molecule has 0 atom stereocenters. The number of nitrogen functional groups attached to an aromatic ring is 2. The molecule has 2 heteroatoms. The van der Waals surface area contributed by atoms with Gasteiger partial charge < -0.3 is 11.5 Å². The van der Waals surface area contributed by atoms with E-state index in [9.17, 15) is 0 Å². The van der Waals surface area contributed by atoms with E-state index in [0.717, 1.165) is 24.2 Å². The summed E-state index contributed by atoms with van der Waals surface area (Å²) < 4.78 is 0. The number of para-hydroxylation sites is 2. The van der Waals surface area contributed by atoms with Gasteiger partial charge in [0.05, 0.1) is 0 Å². The minimum absolute atomic E-state index is 0.289. The van der Waals surface area contributed by atoms with Crippen LogP contribution in [0, 0.1) is 0 Å². The molecule has 0 aliphatic heterocycles. The summed E-state index contributed by atoms with van der Waals surface area (Å²) >= 11 is 0. The predicted octanol–water partition coefficient (Wildman–Crippen LogP) is 3.78. The fraction of sp³-hybridized carbons (Fsp3) is 0.250. The molecule has 0 aromatic heterocycles. The number of benzene rings is 2. The lowest BCUT2D eigenvalue weighted by molar-refractivity contribution is 0.701. The molecule has 2 rings (SSSR count). The van der Waals surface area contributed by atoms with Crippen molar-refractivity contribution in [3.05, 3.63) is 59.7 Å². The molecule has 0 saturated heterocycles. The van der Waals surface area contributed by atoms with Crippen molar-refractivity contribution in [2.75, 3.05) is 11.5 Å². The molecule has 0 saturated carbocycles. The Morgan fingerprint density at radius 2 is 1.28 bits per heavy atom. The lowest BCUT2D eigenvalue weighted by atomic mass is 9.86. The molecule has 4 N–H and O–H groups in total. The Bertz CT molecular complexity index is 475. The van der Waals surface area contributed by atoms with Crippen LogP contribution in [0.4, 0.5) is 11.4 Å². The van der Waals surface area contributed by atoms with Crippen LogP contribution < -0.4 is 11.5 Å². The molecule has 2 nitrogen and oxygen atoms in total. The number of rotatable bonds is 4. The molecule has 0 aliphatic carbocycles. The summed E-state index contributed by atoms with van der Waals surface area (Å²) in [5.74, 6) is 0.289. The Kier molecular flexibility index (Phi) is 3.88. The van der Waals surface area contributed by atoms with E-state index in [1.165, 1.54) is 11.1 Å². The average Bonchev–Trinajstić information content (AvgIpc) is 2.38. The summed E-state index contributed by atoms with van der Waals surface area (Å²) in [7, 11) is 0. The number of nitrogens with two attached hydrogens (primary N) is 2. The van der Waals surface area contributed by atoms with E-state index in [-0.39, 0.29) is 5.92 Å². The molecule has 2 aromatic rings. The van der Waals surface area contributed by atoms with E-state index in [0.29, 0.717) is 0 Å². The van der Waals surface area contributed by atoms with Crippen molar-refractivity contribution in [3.63, 3.8) is 0 Å². The van der Waals surface area contributed by atoms with Gasteiger partial charge in [0, 0.05) is 17.3 Å². The van der Waals surface area contributed by atoms with Gasteiger partial charge in [0.25, 0.3) is 0 Å². The van der Waals surface area contributed by atoms with E-state index in [4.69, 9.17) is 11.5 Å². The third-order valence-corrected chi connectivity index (χ3v) is 3.32. The minimum Gasteiger partial charge on any atom is -0.398 e. The van der Waals surface area contributed by atoms with Gasteiger partial charge in [-0.15, -0.1) is 0 Å². The first-order chi connectivity index (χ1) is 8.74. The molecular weight excluding hydrogens is 220 g/mol. The largest absolute Gasteiger partial charge is 0.398 e. The maximum atomic E-state index is 6.10. The second kappa shape index (κ2) is 5.58. The third-order valence-electron chi connectivity index (χ3n) is 3.32. The minimum atomic E-state index is 0.289. The van der Waals surface area contributed by atoms with Crippen molar-refractivity contribution in [3.8, 4) is 0 Å². The van der Waals surface area contributed by atoms with E-state index < -0.39 is 0 Å². The quantitative estimate of drug-likeness (QED) is 0.799. The molecule has 0 radical (unpaired) electrons. The topological polar surface area (TPSA) is 52.0 Å². The maximum Gasteiger partial charge on any atom is 0.0352 e. The molecule has 0 fully saturated rings. The molecule has 0 amide bonds. The van der Waals surface area contributed by atoms with E-state index in [1.807, 2.05) is 36.4 Å². The highest BCUT2D eigenvalue weighted by Gasteiger charge is 2.17. The monoisotopic (exact) mass is 240 g/mol. The Hall–Kier alpha value is -1.96. The zero-order chi connectivity index (χ0) is 13.0. The first kappa shape index (κ1) is 12.5. The number of hydrogen-bond acceptors (Lipinski definition) is 2. The molecular formula is C16H20N2. The molecule has 18 heavy (non-hydrogen) atoms. The van der Waals surface area contributed by atoms with Gasteiger partial charge in [0.1, 0.15) is 0 Å². The molecule has 0 spiro atoms. The first-order valence-corrected chi connectivity index (χ1v) is 6.42. The molecule has 0 heterocycles. The van der Waals surface area contributed by atoms with Gasteiger partial charge in [-0.3, -0.25) is 0 Å². The lowest BCUT2D eigenvalue weighted by Gasteiger charge is -2.20. The Morgan fingerprint density at radius 1 is 0.833 bits per heavy atom. The van der Waals surface area contributed by atoms with Crippen molar-refractivity contribution >= 4 is 11.4 Å². The molecule has 0 aliphatic rings. The van der Waals surface area contributed by atoms with Crippen LogP contribution in [0.3, 0.4) is 0 Å². The van der Waals surface area contributed by atoms with Crippen LogP contribution >= 0.6 is 0 Å². The van der Waals surface area contributed by atoms with Crippen LogP contribution in [0.1, 0.15) is 36.8 Å². The predicted molar refractivity (Wildman–Crippen MR) is 78.5 cm³/mol. The molecule has 2 aromatic carbocycles. The number of hydrogen-bond donors (Lipinski definition) is 2. The van der Waals surface area contributed by atoms with E-state index in [1.54, 1.807) is 0 Å². The van der Waals surface area contributed by atoms with Gasteiger partial charge in [-0.2, -0.15) is 0 Å². The summed E-state index contributed by atoms with van der Waals surface area (Å²) in [6, 6.07) is 16.1. The fourth-order valence-electron chi connectivity index (χ4n) is 2.42. The van der Waals surface area contributed by atoms with Crippen LogP contribution in [0.15, 0.2) is 48.5 Å². The van der Waals surface area contributed by atoms with Crippen LogP contribution in [0.5, 0.6) is 0 Å². The second-order valence-electron chi connectivity index (χ2n) is 4.60. The Balaban J connectivity index is 2.47. The van der Waals surface area contributed by atoms with Crippen molar-refractivity contribution in [1.82, 2.24) is 0 Å². The van der Waals surface area contributed by atoms with Gasteiger partial charge in [-0.25, -0.2) is 0 Å². The Morgan fingerprint density at radius 3 is 1.67 bits per heavy atom. The van der Waals surface area contributed by atoms with Gasteiger partial charge in [-0.1, -0.05) is 49.7 Å². The van der Waals surface area contributed by atoms with E-state index in [2.05, 4.69) is 19.1 Å². The Labute approximate surface area is 109 Å². The van der Waals surface area contributed by atoms with Gasteiger partial charge in [0.15, 0.2) is 0 Å². The van der Waals surface area contributed by atoms with Crippen LogP contribution in [-0.2, 0) is 0 Å². The van der Waals surface area contributed by atoms with Crippen molar-refractivity contribution in [2.45, 2.75) is 25.7 Å². The third kappa shape index (κ3) is 2.48. The van der Waals surface area contributed by atoms with Gasteiger partial charge in [0.2, 0.25) is 0 Å². The summed E-state index contributed by atoms with van der Waals surface area (Å²) in [5.41, 5.74) is 16.2. The van der Waals surface area contributed by atoms with Crippen LogP contribution in [0.25, 0.3) is 0 Å². The van der Waals surface area contributed by atoms with E-state index >= 15 is 0 Å². The highest BCUT2D eigenvalue weighted by atomic mass is 14.6. The molecule has 0 unspecified atom stereocenters. The zero-order valence-corrected chi connectivity index (χ0v) is 10.8. The standard InChI is InChI=1S/C16H20N2/c1-2-7-12(13-8-3-5-10-15(13)17)14-9-4-6-11-16(14)18/h3-6,8-12H,2,7,17-18H2,1H3. The zero-order valence-electron chi connectivity index (χ0n) is 10.8. The SMILES string of the molecule is CCCC(c1ccccc1N)c1ccccc1N. The maximum absolute atomic E-state index is 6.10. The highest BCUT2D eigenvalue weighted by molar-refractivity contribution is 5.57. The van der Waals surface area contributed by atoms with Crippen molar-refractivity contribution < 1.29 is 0 Å². The summed E-state index contributed by atoms with van der Waals surface area (Å²) in [4.78, 5) is 0. The summed E-state index contributed by atoms with van der Waals surface area (Å²) in [5, 5.41) is 0. The number of anilines is 2. The normalized spacial score (nSPS) is 10.8. The lowest BCUT2D eigenvalue weighted by Crippen LogP contribution is -2.07. The first-order valence-electron chi connectivity index (χ1n) is 6.42. The van der Waals surface area contributed by atoms with Gasteiger partial charge >= 0.3 is 0 Å². The van der Waals surface area contributed by atoms with Gasteiger partial charge in [-0.05, 0) is 29.7 Å². The summed E-state index contributed by atoms with van der Waals surface area (Å²) in [6.45, 7) is 2.19. The van der Waals surface area contributed by atoms with Crippen LogP contribution in [0.2, 0.25) is 0 Å². The molecule has 94 valence electrons. The molecule has 0 bridgehead atoms. The highest BCUT2D eigenvalue weighted by Crippen LogP contribution is 2.35. The second-order valence-corrected chi connectivity index (χ2v) is 4.60. The van der Waals surface area contributed by atoms with Crippen LogP contribution in [-0.4, -0.2) is 0 Å². The van der Waals surface area contributed by atoms with Crippen molar-refractivity contribution in [1.29, 1.82) is 0 Å². The fourth-order valence-corrected chi connectivity index (χ4v) is 2.42.